The molecule has 0 fully saturated rings. The quantitative estimate of drug-likeness (QED) is 0.434. The lowest BCUT2D eigenvalue weighted by Crippen LogP contribution is -2.06. The first-order valence-electron chi connectivity index (χ1n) is 9.59. The predicted octanol–water partition coefficient (Wildman–Crippen LogP) is 4.78. The van der Waals surface area contributed by atoms with E-state index in [0.29, 0.717) is 19.6 Å². The molecule has 0 atom stereocenters. The summed E-state index contributed by atoms with van der Waals surface area (Å²) in [4.78, 5) is 12.3. The Morgan fingerprint density at radius 1 is 1.10 bits per heavy atom. The maximum absolute atomic E-state index is 11.0. The molecular weight excluding hydrogens is 384 g/mol. The number of carboxylic acids is 1. The van der Waals surface area contributed by atoms with Gasteiger partial charge in [0.2, 0.25) is 0 Å². The fraction of sp³-hybridized carbons (Fsp3) is 0.217. The highest BCUT2D eigenvalue weighted by Crippen LogP contribution is 2.27. The summed E-state index contributed by atoms with van der Waals surface area (Å²) in [7, 11) is 0. The monoisotopic (exact) mass is 406 g/mol. The SMILES string of the molecule is O=C(O)CCc1ccc(Cn2cccn2)cc1OCCc1cc2ccccc2s1. The first kappa shape index (κ1) is 19.2. The molecule has 148 valence electrons. The largest absolute Gasteiger partial charge is 0.493 e. The van der Waals surface area contributed by atoms with Crippen molar-refractivity contribution in [1.29, 1.82) is 0 Å². The molecule has 1 N–H and O–H groups in total. The van der Waals surface area contributed by atoms with Crippen LogP contribution in [0.2, 0.25) is 0 Å². The molecule has 4 aromatic rings. The molecule has 0 aliphatic carbocycles. The van der Waals surface area contributed by atoms with E-state index in [1.54, 1.807) is 17.5 Å². The van der Waals surface area contributed by atoms with E-state index in [1.807, 2.05) is 35.1 Å². The van der Waals surface area contributed by atoms with Gasteiger partial charge in [-0.05, 0) is 47.2 Å². The summed E-state index contributed by atoms with van der Waals surface area (Å²) in [6, 6.07) is 18.4. The molecule has 0 aliphatic heterocycles. The van der Waals surface area contributed by atoms with Crippen LogP contribution in [0.3, 0.4) is 0 Å². The van der Waals surface area contributed by atoms with Crippen molar-refractivity contribution in [3.05, 3.63) is 83.0 Å². The first-order chi connectivity index (χ1) is 14.2. The Balaban J connectivity index is 1.46. The van der Waals surface area contributed by atoms with Gasteiger partial charge in [0.1, 0.15) is 5.75 Å². The maximum Gasteiger partial charge on any atom is 0.303 e. The fourth-order valence-corrected chi connectivity index (χ4v) is 4.33. The smallest absolute Gasteiger partial charge is 0.303 e. The summed E-state index contributed by atoms with van der Waals surface area (Å²) in [6.07, 6.45) is 5.03. The molecule has 0 amide bonds. The number of aliphatic carboxylic acids is 1. The van der Waals surface area contributed by atoms with Gasteiger partial charge in [0.05, 0.1) is 13.2 Å². The lowest BCUT2D eigenvalue weighted by atomic mass is 10.1. The van der Waals surface area contributed by atoms with Crippen LogP contribution in [-0.2, 0) is 24.2 Å². The Labute approximate surface area is 173 Å². The lowest BCUT2D eigenvalue weighted by molar-refractivity contribution is -0.136. The summed E-state index contributed by atoms with van der Waals surface area (Å²) >= 11 is 1.79. The van der Waals surface area contributed by atoms with Crippen LogP contribution in [0, 0.1) is 0 Å². The molecule has 0 unspecified atom stereocenters. The number of aromatic nitrogens is 2. The molecule has 6 heteroatoms. The van der Waals surface area contributed by atoms with Gasteiger partial charge in [0.15, 0.2) is 0 Å². The third kappa shape index (κ3) is 5.03. The van der Waals surface area contributed by atoms with Gasteiger partial charge in [0.25, 0.3) is 0 Å². The van der Waals surface area contributed by atoms with Crippen LogP contribution in [-0.4, -0.2) is 27.5 Å². The van der Waals surface area contributed by atoms with E-state index in [4.69, 9.17) is 9.84 Å². The van der Waals surface area contributed by atoms with Gasteiger partial charge in [-0.3, -0.25) is 9.48 Å². The molecule has 0 radical (unpaired) electrons. The number of hydrogen-bond acceptors (Lipinski definition) is 4. The minimum absolute atomic E-state index is 0.0885. The van der Waals surface area contributed by atoms with Gasteiger partial charge in [-0.15, -0.1) is 11.3 Å². The number of hydrogen-bond donors (Lipinski definition) is 1. The van der Waals surface area contributed by atoms with Gasteiger partial charge >= 0.3 is 5.97 Å². The summed E-state index contributed by atoms with van der Waals surface area (Å²) in [5, 5.41) is 14.5. The molecule has 0 spiro atoms. The molecular formula is C23H22N2O3S. The van der Waals surface area contributed by atoms with E-state index in [2.05, 4.69) is 35.4 Å². The Bertz CT molecular complexity index is 1070. The zero-order chi connectivity index (χ0) is 20.1. The van der Waals surface area contributed by atoms with Gasteiger partial charge in [-0.25, -0.2) is 0 Å². The third-order valence-electron chi connectivity index (χ3n) is 4.73. The number of nitrogens with zero attached hydrogens (tertiary/aromatic N) is 2. The number of ether oxygens (including phenoxy) is 1. The summed E-state index contributed by atoms with van der Waals surface area (Å²) in [5.74, 6) is -0.0427. The van der Waals surface area contributed by atoms with Crippen molar-refractivity contribution in [3.63, 3.8) is 0 Å². The topological polar surface area (TPSA) is 64.3 Å². The zero-order valence-corrected chi connectivity index (χ0v) is 16.8. The maximum atomic E-state index is 11.0. The Morgan fingerprint density at radius 3 is 2.79 bits per heavy atom. The average molecular weight is 407 g/mol. The standard InChI is InChI=1S/C23H22N2O3S/c26-23(27)9-8-18-7-6-17(16-25-12-3-11-24-25)14-21(18)28-13-10-20-15-19-4-1-2-5-22(19)29-20/h1-7,11-12,14-15H,8-10,13,16H2,(H,26,27). The van der Waals surface area contributed by atoms with Crippen molar-refractivity contribution < 1.29 is 14.6 Å². The molecule has 0 saturated carbocycles. The van der Waals surface area contributed by atoms with E-state index in [-0.39, 0.29) is 6.42 Å². The van der Waals surface area contributed by atoms with E-state index < -0.39 is 5.97 Å². The van der Waals surface area contributed by atoms with Crippen molar-refractivity contribution in [2.24, 2.45) is 0 Å². The number of thiophene rings is 1. The van der Waals surface area contributed by atoms with Crippen molar-refractivity contribution in [2.75, 3.05) is 6.61 Å². The highest BCUT2D eigenvalue weighted by Gasteiger charge is 2.09. The highest BCUT2D eigenvalue weighted by molar-refractivity contribution is 7.19. The lowest BCUT2D eigenvalue weighted by Gasteiger charge is -2.13. The van der Waals surface area contributed by atoms with Crippen LogP contribution in [0.4, 0.5) is 0 Å². The minimum atomic E-state index is -0.804. The zero-order valence-electron chi connectivity index (χ0n) is 16.0. The van der Waals surface area contributed by atoms with Crippen molar-refractivity contribution in [1.82, 2.24) is 9.78 Å². The van der Waals surface area contributed by atoms with Crippen LogP contribution in [0.15, 0.2) is 67.0 Å². The average Bonchev–Trinajstić information content (AvgIpc) is 3.36. The normalized spacial score (nSPS) is 11.0. The molecule has 29 heavy (non-hydrogen) atoms. The van der Waals surface area contributed by atoms with Crippen molar-refractivity contribution >= 4 is 27.4 Å². The van der Waals surface area contributed by atoms with Crippen LogP contribution in [0.25, 0.3) is 10.1 Å². The number of carboxylic acid groups (broad SMARTS) is 1. The van der Waals surface area contributed by atoms with Crippen LogP contribution < -0.4 is 4.74 Å². The molecule has 0 saturated heterocycles. The second-order valence-electron chi connectivity index (χ2n) is 6.89. The van der Waals surface area contributed by atoms with Gasteiger partial charge in [-0.2, -0.15) is 5.10 Å². The molecule has 2 aromatic heterocycles. The minimum Gasteiger partial charge on any atom is -0.493 e. The molecule has 2 heterocycles. The van der Waals surface area contributed by atoms with Crippen LogP contribution in [0.1, 0.15) is 22.4 Å². The second kappa shape index (κ2) is 8.92. The molecule has 0 aliphatic rings. The number of carbonyl (C=O) groups is 1. The van der Waals surface area contributed by atoms with Crippen molar-refractivity contribution in [2.45, 2.75) is 25.8 Å². The highest BCUT2D eigenvalue weighted by atomic mass is 32.1. The van der Waals surface area contributed by atoms with E-state index in [0.717, 1.165) is 23.3 Å². The van der Waals surface area contributed by atoms with E-state index in [9.17, 15) is 4.79 Å². The number of aryl methyl sites for hydroxylation is 1. The van der Waals surface area contributed by atoms with Crippen LogP contribution >= 0.6 is 11.3 Å². The van der Waals surface area contributed by atoms with E-state index in [1.165, 1.54) is 15.0 Å². The van der Waals surface area contributed by atoms with Crippen LogP contribution in [0.5, 0.6) is 5.75 Å². The summed E-state index contributed by atoms with van der Waals surface area (Å²) in [6.45, 7) is 1.21. The predicted molar refractivity (Wildman–Crippen MR) is 115 cm³/mol. The molecule has 5 nitrogen and oxygen atoms in total. The second-order valence-corrected chi connectivity index (χ2v) is 8.06. The fourth-order valence-electron chi connectivity index (χ4n) is 3.28. The molecule has 0 bridgehead atoms. The Hall–Kier alpha value is -3.12. The van der Waals surface area contributed by atoms with E-state index >= 15 is 0 Å². The number of rotatable bonds is 9. The number of fused-ring (bicyclic) bond motifs is 1. The van der Waals surface area contributed by atoms with Gasteiger partial charge in [-0.1, -0.05) is 30.3 Å². The Morgan fingerprint density at radius 2 is 2.00 bits per heavy atom. The third-order valence-corrected chi connectivity index (χ3v) is 5.90. The first-order valence-corrected chi connectivity index (χ1v) is 10.4. The summed E-state index contributed by atoms with van der Waals surface area (Å²) in [5.41, 5.74) is 2.00. The van der Waals surface area contributed by atoms with Gasteiger partial charge < -0.3 is 9.84 Å². The number of benzene rings is 2. The van der Waals surface area contributed by atoms with Crippen molar-refractivity contribution in [3.8, 4) is 5.75 Å². The van der Waals surface area contributed by atoms with Gasteiger partial charge in [0, 0.05) is 34.8 Å². The molecule has 2 aromatic carbocycles. The molecule has 4 rings (SSSR count). The Kier molecular flexibility index (Phi) is 5.91. The summed E-state index contributed by atoms with van der Waals surface area (Å²) < 4.78 is 9.25.